The molecule has 7 heteroatoms. The van der Waals surface area contributed by atoms with Gasteiger partial charge in [-0.15, -0.1) is 0 Å². The van der Waals surface area contributed by atoms with Gasteiger partial charge in [-0.3, -0.25) is 14.7 Å². The third-order valence-corrected chi connectivity index (χ3v) is 5.89. The number of rotatable bonds is 9. The van der Waals surface area contributed by atoms with Crippen LogP contribution in [0.2, 0.25) is 0 Å². The summed E-state index contributed by atoms with van der Waals surface area (Å²) < 4.78 is 16.2. The molecule has 0 N–H and O–H groups in total. The zero-order valence-corrected chi connectivity index (χ0v) is 19.0. The van der Waals surface area contributed by atoms with Crippen LogP contribution in [0.5, 0.6) is 17.2 Å². The van der Waals surface area contributed by atoms with Crippen LogP contribution in [0.4, 0.5) is 0 Å². The van der Waals surface area contributed by atoms with Crippen molar-refractivity contribution >= 4 is 5.91 Å². The average Bonchev–Trinajstić information content (AvgIpc) is 2.82. The van der Waals surface area contributed by atoms with Crippen LogP contribution in [-0.4, -0.2) is 67.7 Å². The SMILES string of the molecule is CCN(Cc1ccncc1)C1CCCN(C(=O)Cc2cc(OC)c(OC)c(OC)c2)C1. The second-order valence-electron chi connectivity index (χ2n) is 7.76. The van der Waals surface area contributed by atoms with Gasteiger partial charge in [0.15, 0.2) is 11.5 Å². The van der Waals surface area contributed by atoms with Crippen molar-refractivity contribution in [1.82, 2.24) is 14.8 Å². The molecule has 0 aliphatic carbocycles. The van der Waals surface area contributed by atoms with Crippen LogP contribution in [0.15, 0.2) is 36.7 Å². The number of piperidine rings is 1. The number of hydrogen-bond donors (Lipinski definition) is 0. The van der Waals surface area contributed by atoms with Gasteiger partial charge in [-0.2, -0.15) is 0 Å². The molecule has 1 aliphatic heterocycles. The molecule has 1 atom stereocenters. The van der Waals surface area contributed by atoms with E-state index in [1.165, 1.54) is 5.56 Å². The van der Waals surface area contributed by atoms with Crippen LogP contribution < -0.4 is 14.2 Å². The van der Waals surface area contributed by atoms with Crippen molar-refractivity contribution < 1.29 is 19.0 Å². The summed E-state index contributed by atoms with van der Waals surface area (Å²) in [4.78, 5) is 21.7. The maximum Gasteiger partial charge on any atom is 0.227 e. The average molecular weight is 428 g/mol. The molecule has 0 saturated carbocycles. The maximum atomic E-state index is 13.1. The largest absolute Gasteiger partial charge is 0.493 e. The van der Waals surface area contributed by atoms with E-state index < -0.39 is 0 Å². The lowest BCUT2D eigenvalue weighted by molar-refractivity contribution is -0.132. The number of pyridine rings is 1. The molecule has 2 aromatic rings. The number of likely N-dealkylation sites (tertiary alicyclic amines) is 1. The Morgan fingerprint density at radius 3 is 2.35 bits per heavy atom. The lowest BCUT2D eigenvalue weighted by Gasteiger charge is -2.39. The summed E-state index contributed by atoms with van der Waals surface area (Å²) in [5, 5.41) is 0. The Morgan fingerprint density at radius 1 is 1.10 bits per heavy atom. The van der Waals surface area contributed by atoms with Crippen LogP contribution in [0.3, 0.4) is 0 Å². The molecule has 168 valence electrons. The number of nitrogens with zero attached hydrogens (tertiary/aromatic N) is 3. The van der Waals surface area contributed by atoms with Crippen molar-refractivity contribution in [1.29, 1.82) is 0 Å². The third kappa shape index (κ3) is 5.67. The molecule has 1 aliphatic rings. The molecule has 1 saturated heterocycles. The van der Waals surface area contributed by atoms with Crippen molar-refractivity contribution in [3.05, 3.63) is 47.8 Å². The fraction of sp³-hybridized carbons (Fsp3) is 0.500. The molecule has 0 spiro atoms. The van der Waals surface area contributed by atoms with E-state index in [-0.39, 0.29) is 5.91 Å². The number of hydrogen-bond acceptors (Lipinski definition) is 6. The molecule has 1 aromatic carbocycles. The number of methoxy groups -OCH3 is 3. The van der Waals surface area contributed by atoms with Crippen molar-refractivity contribution in [2.24, 2.45) is 0 Å². The predicted octanol–water partition coefficient (Wildman–Crippen LogP) is 3.16. The Morgan fingerprint density at radius 2 is 1.77 bits per heavy atom. The minimum atomic E-state index is 0.124. The van der Waals surface area contributed by atoms with Crippen LogP contribution in [-0.2, 0) is 17.8 Å². The monoisotopic (exact) mass is 427 g/mol. The fourth-order valence-electron chi connectivity index (χ4n) is 4.22. The Labute approximate surface area is 184 Å². The Bertz CT molecular complexity index is 834. The number of likely N-dealkylation sites (N-methyl/N-ethyl adjacent to an activating group) is 1. The highest BCUT2D eigenvalue weighted by Crippen LogP contribution is 2.38. The number of aromatic nitrogens is 1. The molecule has 0 radical (unpaired) electrons. The van der Waals surface area contributed by atoms with Crippen LogP contribution in [0.1, 0.15) is 30.9 Å². The second kappa shape index (κ2) is 11.0. The van der Waals surface area contributed by atoms with Gasteiger partial charge in [-0.25, -0.2) is 0 Å². The smallest absolute Gasteiger partial charge is 0.227 e. The van der Waals surface area contributed by atoms with Crippen molar-refractivity contribution in [2.45, 2.75) is 38.8 Å². The minimum absolute atomic E-state index is 0.124. The highest BCUT2D eigenvalue weighted by atomic mass is 16.5. The quantitative estimate of drug-likeness (QED) is 0.613. The lowest BCUT2D eigenvalue weighted by atomic mass is 10.0. The minimum Gasteiger partial charge on any atom is -0.493 e. The first-order chi connectivity index (χ1) is 15.1. The summed E-state index contributed by atoms with van der Waals surface area (Å²) in [7, 11) is 4.74. The van der Waals surface area contributed by atoms with E-state index in [1.807, 2.05) is 29.4 Å². The summed E-state index contributed by atoms with van der Waals surface area (Å²) in [5.74, 6) is 1.79. The van der Waals surface area contributed by atoms with Crippen LogP contribution in [0, 0.1) is 0 Å². The Balaban J connectivity index is 1.68. The summed E-state index contributed by atoms with van der Waals surface area (Å²) in [6, 6.07) is 8.17. The topological polar surface area (TPSA) is 64.1 Å². The van der Waals surface area contributed by atoms with Crippen molar-refractivity contribution in [2.75, 3.05) is 41.0 Å². The van der Waals surface area contributed by atoms with E-state index in [0.717, 1.165) is 44.6 Å². The van der Waals surface area contributed by atoms with Gasteiger partial charge in [0.2, 0.25) is 11.7 Å². The van der Waals surface area contributed by atoms with Gasteiger partial charge in [-0.1, -0.05) is 6.92 Å². The van der Waals surface area contributed by atoms with E-state index in [4.69, 9.17) is 14.2 Å². The first-order valence-corrected chi connectivity index (χ1v) is 10.8. The molecule has 2 heterocycles. The highest BCUT2D eigenvalue weighted by Gasteiger charge is 2.27. The molecule has 1 fully saturated rings. The number of benzene rings is 1. The second-order valence-corrected chi connectivity index (χ2v) is 7.76. The highest BCUT2D eigenvalue weighted by molar-refractivity contribution is 5.79. The lowest BCUT2D eigenvalue weighted by Crippen LogP contribution is -2.49. The van der Waals surface area contributed by atoms with Gasteiger partial charge >= 0.3 is 0 Å². The third-order valence-electron chi connectivity index (χ3n) is 5.89. The number of carbonyl (C=O) groups is 1. The molecule has 1 amide bonds. The fourth-order valence-corrected chi connectivity index (χ4v) is 4.22. The molecule has 0 bridgehead atoms. The normalized spacial score (nSPS) is 16.3. The van der Waals surface area contributed by atoms with Crippen molar-refractivity contribution in [3.63, 3.8) is 0 Å². The number of ether oxygens (including phenoxy) is 3. The van der Waals surface area contributed by atoms with Gasteiger partial charge in [0.05, 0.1) is 27.8 Å². The summed E-state index contributed by atoms with van der Waals surface area (Å²) in [5.41, 5.74) is 2.10. The summed E-state index contributed by atoms with van der Waals surface area (Å²) in [6.45, 7) is 5.55. The zero-order valence-electron chi connectivity index (χ0n) is 19.0. The Hall–Kier alpha value is -2.80. The Kier molecular flexibility index (Phi) is 8.12. The first kappa shape index (κ1) is 22.9. The summed E-state index contributed by atoms with van der Waals surface area (Å²) in [6.07, 6.45) is 6.08. The maximum absolute atomic E-state index is 13.1. The zero-order chi connectivity index (χ0) is 22.2. The van der Waals surface area contributed by atoms with Crippen LogP contribution in [0.25, 0.3) is 0 Å². The van der Waals surface area contributed by atoms with Gasteiger partial charge in [0.1, 0.15) is 0 Å². The van der Waals surface area contributed by atoms with E-state index in [2.05, 4.69) is 28.9 Å². The van der Waals surface area contributed by atoms with E-state index in [0.29, 0.717) is 29.7 Å². The van der Waals surface area contributed by atoms with Gasteiger partial charge in [0, 0.05) is 38.1 Å². The summed E-state index contributed by atoms with van der Waals surface area (Å²) >= 11 is 0. The van der Waals surface area contributed by atoms with E-state index in [9.17, 15) is 4.79 Å². The molecule has 7 nitrogen and oxygen atoms in total. The number of amides is 1. The predicted molar refractivity (Wildman–Crippen MR) is 120 cm³/mol. The van der Waals surface area contributed by atoms with Gasteiger partial charge < -0.3 is 19.1 Å². The van der Waals surface area contributed by atoms with E-state index in [1.54, 1.807) is 21.3 Å². The molecule has 1 unspecified atom stereocenters. The standard InChI is InChI=1S/C24H33N3O4/c1-5-26(16-18-8-10-25-11-9-18)20-7-6-12-27(17-20)23(28)15-19-13-21(29-2)24(31-4)22(14-19)30-3/h8-11,13-14,20H,5-7,12,15-17H2,1-4H3. The molecular formula is C24H33N3O4. The van der Waals surface area contributed by atoms with Gasteiger partial charge in [-0.05, 0) is 54.8 Å². The van der Waals surface area contributed by atoms with Gasteiger partial charge in [0.25, 0.3) is 0 Å². The molecule has 3 rings (SSSR count). The molecule has 1 aromatic heterocycles. The van der Waals surface area contributed by atoms with E-state index >= 15 is 0 Å². The molecular weight excluding hydrogens is 394 g/mol. The first-order valence-electron chi connectivity index (χ1n) is 10.8. The van der Waals surface area contributed by atoms with Crippen LogP contribution >= 0.6 is 0 Å². The number of carbonyl (C=O) groups excluding carboxylic acids is 1. The van der Waals surface area contributed by atoms with Crippen molar-refractivity contribution in [3.8, 4) is 17.2 Å². The molecule has 31 heavy (non-hydrogen) atoms.